The summed E-state index contributed by atoms with van der Waals surface area (Å²) in [5.74, 6) is -0.968. The van der Waals surface area contributed by atoms with E-state index in [0.717, 1.165) is 5.56 Å². The summed E-state index contributed by atoms with van der Waals surface area (Å²) in [6, 6.07) is 12.3. The van der Waals surface area contributed by atoms with E-state index >= 15 is 0 Å². The Balaban J connectivity index is 2.42. The van der Waals surface area contributed by atoms with Gasteiger partial charge in [0.2, 0.25) is 0 Å². The van der Waals surface area contributed by atoms with Gasteiger partial charge in [0, 0.05) is 0 Å². The first kappa shape index (κ1) is 12.5. The standard InChI is InChI=1S/C14H12ClNO2/c1-9-6-7-10(14(17)18)13(8-9)16-12-5-3-2-4-11(12)15/h2-8,16H,1H3,(H,17,18). The van der Waals surface area contributed by atoms with Crippen LogP contribution in [0.3, 0.4) is 0 Å². The Morgan fingerprint density at radius 1 is 1.17 bits per heavy atom. The summed E-state index contributed by atoms with van der Waals surface area (Å²) >= 11 is 6.04. The third kappa shape index (κ3) is 2.63. The molecule has 3 nitrogen and oxygen atoms in total. The molecule has 0 aliphatic heterocycles. The maximum Gasteiger partial charge on any atom is 0.337 e. The molecular formula is C14H12ClNO2. The van der Waals surface area contributed by atoms with Crippen molar-refractivity contribution in [3.63, 3.8) is 0 Å². The molecule has 0 aliphatic carbocycles. The summed E-state index contributed by atoms with van der Waals surface area (Å²) in [5, 5.41) is 12.7. The summed E-state index contributed by atoms with van der Waals surface area (Å²) in [6.45, 7) is 1.91. The number of hydrogen-bond donors (Lipinski definition) is 2. The molecule has 0 atom stereocenters. The first-order valence-electron chi connectivity index (χ1n) is 5.43. The van der Waals surface area contributed by atoms with Gasteiger partial charge >= 0.3 is 5.97 Å². The average molecular weight is 262 g/mol. The lowest BCUT2D eigenvalue weighted by molar-refractivity contribution is 0.0698. The molecule has 18 heavy (non-hydrogen) atoms. The number of hydrogen-bond acceptors (Lipinski definition) is 2. The molecule has 4 heteroatoms. The third-order valence-electron chi connectivity index (χ3n) is 2.55. The van der Waals surface area contributed by atoms with Gasteiger partial charge in [-0.1, -0.05) is 29.8 Å². The third-order valence-corrected chi connectivity index (χ3v) is 2.88. The number of rotatable bonds is 3. The molecule has 2 aromatic rings. The fourth-order valence-electron chi connectivity index (χ4n) is 1.66. The van der Waals surface area contributed by atoms with Crippen molar-refractivity contribution in [3.8, 4) is 0 Å². The topological polar surface area (TPSA) is 49.3 Å². The van der Waals surface area contributed by atoms with Crippen molar-refractivity contribution in [2.24, 2.45) is 0 Å². The second-order valence-corrected chi connectivity index (χ2v) is 4.37. The molecule has 0 unspecified atom stereocenters. The minimum absolute atomic E-state index is 0.223. The Bertz CT molecular complexity index is 596. The van der Waals surface area contributed by atoms with Crippen LogP contribution in [0.15, 0.2) is 42.5 Å². The van der Waals surface area contributed by atoms with Crippen molar-refractivity contribution in [2.75, 3.05) is 5.32 Å². The lowest BCUT2D eigenvalue weighted by Gasteiger charge is -2.11. The van der Waals surface area contributed by atoms with Crippen molar-refractivity contribution in [1.29, 1.82) is 0 Å². The van der Waals surface area contributed by atoms with Gasteiger partial charge in [-0.3, -0.25) is 0 Å². The highest BCUT2D eigenvalue weighted by Crippen LogP contribution is 2.27. The number of aromatic carboxylic acids is 1. The lowest BCUT2D eigenvalue weighted by atomic mass is 10.1. The van der Waals surface area contributed by atoms with Crippen LogP contribution < -0.4 is 5.32 Å². The number of aryl methyl sites for hydroxylation is 1. The highest BCUT2D eigenvalue weighted by molar-refractivity contribution is 6.33. The quantitative estimate of drug-likeness (QED) is 0.875. The molecule has 92 valence electrons. The van der Waals surface area contributed by atoms with E-state index in [9.17, 15) is 4.79 Å². The number of carboxylic acid groups (broad SMARTS) is 1. The van der Waals surface area contributed by atoms with E-state index in [1.165, 1.54) is 0 Å². The van der Waals surface area contributed by atoms with Gasteiger partial charge in [0.15, 0.2) is 0 Å². The van der Waals surface area contributed by atoms with Crippen molar-refractivity contribution >= 4 is 28.9 Å². The number of carbonyl (C=O) groups is 1. The first-order valence-corrected chi connectivity index (χ1v) is 5.81. The summed E-state index contributed by atoms with van der Waals surface area (Å²) in [6.07, 6.45) is 0. The van der Waals surface area contributed by atoms with Crippen LogP contribution >= 0.6 is 11.6 Å². The minimum Gasteiger partial charge on any atom is -0.478 e. The molecule has 0 spiro atoms. The molecule has 0 fully saturated rings. The SMILES string of the molecule is Cc1ccc(C(=O)O)c(Nc2ccccc2Cl)c1. The molecule has 2 N–H and O–H groups in total. The van der Waals surface area contributed by atoms with E-state index < -0.39 is 5.97 Å². The molecule has 0 bridgehead atoms. The molecule has 2 aromatic carbocycles. The smallest absolute Gasteiger partial charge is 0.337 e. The fourth-order valence-corrected chi connectivity index (χ4v) is 1.84. The van der Waals surface area contributed by atoms with Gasteiger partial charge in [-0.15, -0.1) is 0 Å². The number of halogens is 1. The molecule has 0 heterocycles. The number of para-hydroxylation sites is 1. The number of carboxylic acids is 1. The molecule has 0 aromatic heterocycles. The Kier molecular flexibility index (Phi) is 3.53. The van der Waals surface area contributed by atoms with Gasteiger partial charge in [0.05, 0.1) is 22.0 Å². The van der Waals surface area contributed by atoms with E-state index in [1.54, 1.807) is 30.3 Å². The van der Waals surface area contributed by atoms with Crippen LogP contribution in [0.4, 0.5) is 11.4 Å². The minimum atomic E-state index is -0.968. The fraction of sp³-hybridized carbons (Fsp3) is 0.0714. The van der Waals surface area contributed by atoms with Crippen LogP contribution in [0.25, 0.3) is 0 Å². The molecular weight excluding hydrogens is 250 g/mol. The summed E-state index contributed by atoms with van der Waals surface area (Å²) in [7, 11) is 0. The van der Waals surface area contributed by atoms with Crippen molar-refractivity contribution < 1.29 is 9.90 Å². The highest BCUT2D eigenvalue weighted by atomic mass is 35.5. The monoisotopic (exact) mass is 261 g/mol. The van der Waals surface area contributed by atoms with E-state index in [0.29, 0.717) is 16.4 Å². The van der Waals surface area contributed by atoms with Crippen molar-refractivity contribution in [3.05, 3.63) is 58.6 Å². The second kappa shape index (κ2) is 5.10. The van der Waals surface area contributed by atoms with Gasteiger partial charge < -0.3 is 10.4 Å². The first-order chi connectivity index (χ1) is 8.58. The van der Waals surface area contributed by atoms with E-state index in [-0.39, 0.29) is 5.56 Å². The van der Waals surface area contributed by atoms with E-state index in [2.05, 4.69) is 5.32 Å². The van der Waals surface area contributed by atoms with Crippen LogP contribution in [0.1, 0.15) is 15.9 Å². The largest absolute Gasteiger partial charge is 0.478 e. The normalized spacial score (nSPS) is 10.1. The predicted molar refractivity (Wildman–Crippen MR) is 72.9 cm³/mol. The number of nitrogens with one attached hydrogen (secondary N) is 1. The van der Waals surface area contributed by atoms with Crippen LogP contribution in [0.2, 0.25) is 5.02 Å². The Hall–Kier alpha value is -2.00. The molecule has 0 radical (unpaired) electrons. The summed E-state index contributed by atoms with van der Waals surface area (Å²) in [5.41, 5.74) is 2.43. The molecule has 0 amide bonds. The summed E-state index contributed by atoms with van der Waals surface area (Å²) in [4.78, 5) is 11.1. The summed E-state index contributed by atoms with van der Waals surface area (Å²) < 4.78 is 0. The van der Waals surface area contributed by atoms with Crippen LogP contribution in [-0.4, -0.2) is 11.1 Å². The molecule has 0 aliphatic rings. The van der Waals surface area contributed by atoms with Gasteiger partial charge in [0.1, 0.15) is 0 Å². The van der Waals surface area contributed by atoms with Gasteiger partial charge in [-0.2, -0.15) is 0 Å². The van der Waals surface area contributed by atoms with Crippen LogP contribution in [-0.2, 0) is 0 Å². The number of benzene rings is 2. The van der Waals surface area contributed by atoms with E-state index in [4.69, 9.17) is 16.7 Å². The lowest BCUT2D eigenvalue weighted by Crippen LogP contribution is -2.03. The maximum absolute atomic E-state index is 11.1. The average Bonchev–Trinajstić information content (AvgIpc) is 2.32. The van der Waals surface area contributed by atoms with Crippen molar-refractivity contribution in [2.45, 2.75) is 6.92 Å². The highest BCUT2D eigenvalue weighted by Gasteiger charge is 2.11. The van der Waals surface area contributed by atoms with Crippen LogP contribution in [0.5, 0.6) is 0 Å². The van der Waals surface area contributed by atoms with E-state index in [1.807, 2.05) is 19.1 Å². The molecule has 0 saturated carbocycles. The van der Waals surface area contributed by atoms with Gasteiger partial charge in [-0.25, -0.2) is 4.79 Å². The second-order valence-electron chi connectivity index (χ2n) is 3.96. The molecule has 2 rings (SSSR count). The molecule has 0 saturated heterocycles. The van der Waals surface area contributed by atoms with Gasteiger partial charge in [0.25, 0.3) is 0 Å². The zero-order chi connectivity index (χ0) is 13.1. The van der Waals surface area contributed by atoms with Gasteiger partial charge in [-0.05, 0) is 36.8 Å². The Morgan fingerprint density at radius 2 is 1.89 bits per heavy atom. The van der Waals surface area contributed by atoms with Crippen molar-refractivity contribution in [1.82, 2.24) is 0 Å². The zero-order valence-corrected chi connectivity index (χ0v) is 10.5. The number of anilines is 2. The Labute approximate surface area is 110 Å². The Morgan fingerprint density at radius 3 is 2.56 bits per heavy atom. The maximum atomic E-state index is 11.1. The van der Waals surface area contributed by atoms with Crippen LogP contribution in [0, 0.1) is 6.92 Å². The zero-order valence-electron chi connectivity index (χ0n) is 9.77. The predicted octanol–water partition coefficient (Wildman–Crippen LogP) is 4.09.